The van der Waals surface area contributed by atoms with E-state index in [2.05, 4.69) is 59.6 Å². The first-order chi connectivity index (χ1) is 25.5. The molecule has 2 amide bonds. The quantitative estimate of drug-likeness (QED) is 0.275. The van der Waals surface area contributed by atoms with Crippen molar-refractivity contribution in [1.82, 2.24) is 59.6 Å². The smallest absolute Gasteiger partial charge is 0.257 e. The molecule has 8 heterocycles. The summed E-state index contributed by atoms with van der Waals surface area (Å²) in [6.45, 7) is 5.51. The standard InChI is InChI=1S/2C18H19N7O/c26-17(13-8-19-11-20-9-13)25-7-1-6-24(10-18(25)3-4-18)16-14-2-5-21-15(14)22-12-23-16;26-17(13-7-19-11-20-8-13)25-6-5-24(9-18(10-25)2-3-18)16-14-1-4-21-15(14)22-12-23-16/h2,5,8-9,11-12H,1,3-4,6-7,10H2,(H,21,22,23);1,4,7-8,11-12H,2-3,5-6,9-10H2,(H,21,22,23). The van der Waals surface area contributed by atoms with Crippen LogP contribution in [-0.4, -0.2) is 123 Å². The molecule has 16 heteroatoms. The summed E-state index contributed by atoms with van der Waals surface area (Å²) in [6, 6.07) is 4.03. The van der Waals surface area contributed by atoms with Crippen molar-refractivity contribution in [1.29, 1.82) is 0 Å². The number of nitrogens with one attached hydrogen (secondary N) is 2. The largest absolute Gasteiger partial charge is 0.354 e. The maximum atomic E-state index is 13.0. The van der Waals surface area contributed by atoms with Crippen LogP contribution in [-0.2, 0) is 0 Å². The summed E-state index contributed by atoms with van der Waals surface area (Å²) < 4.78 is 0. The summed E-state index contributed by atoms with van der Waals surface area (Å²) in [5.74, 6) is 1.92. The van der Waals surface area contributed by atoms with Gasteiger partial charge in [0.25, 0.3) is 11.8 Å². The Morgan fingerprint density at radius 2 is 1.17 bits per heavy atom. The number of aromatic amines is 2. The zero-order valence-electron chi connectivity index (χ0n) is 28.6. The molecule has 10 rings (SSSR count). The van der Waals surface area contributed by atoms with Crippen LogP contribution in [0.1, 0.15) is 52.8 Å². The molecule has 16 nitrogen and oxygen atoms in total. The van der Waals surface area contributed by atoms with E-state index in [9.17, 15) is 9.59 Å². The van der Waals surface area contributed by atoms with Gasteiger partial charge in [-0.25, -0.2) is 39.9 Å². The van der Waals surface area contributed by atoms with Gasteiger partial charge in [0.1, 0.15) is 48.2 Å². The van der Waals surface area contributed by atoms with E-state index in [0.717, 1.165) is 105 Å². The highest BCUT2D eigenvalue weighted by atomic mass is 16.2. The molecule has 0 unspecified atom stereocenters. The summed E-state index contributed by atoms with van der Waals surface area (Å²) in [5, 5.41) is 2.05. The van der Waals surface area contributed by atoms with Gasteiger partial charge in [-0.2, -0.15) is 0 Å². The van der Waals surface area contributed by atoms with E-state index in [1.54, 1.807) is 37.4 Å². The minimum Gasteiger partial charge on any atom is -0.354 e. The number of hydrogen-bond acceptors (Lipinski definition) is 12. The molecular formula is C36H38N14O2. The fourth-order valence-electron chi connectivity index (χ4n) is 7.73. The van der Waals surface area contributed by atoms with Crippen molar-refractivity contribution in [2.75, 3.05) is 55.6 Å². The summed E-state index contributed by atoms with van der Waals surface area (Å²) in [6.07, 6.45) is 21.5. The van der Waals surface area contributed by atoms with Gasteiger partial charge in [0, 0.05) is 88.4 Å². The highest BCUT2D eigenvalue weighted by Crippen LogP contribution is 2.49. The van der Waals surface area contributed by atoms with E-state index in [1.807, 2.05) is 34.3 Å². The van der Waals surface area contributed by atoms with Crippen molar-refractivity contribution >= 4 is 45.5 Å². The van der Waals surface area contributed by atoms with Crippen LogP contribution < -0.4 is 9.80 Å². The van der Waals surface area contributed by atoms with Crippen molar-refractivity contribution in [2.45, 2.75) is 37.6 Å². The van der Waals surface area contributed by atoms with Gasteiger partial charge in [0.2, 0.25) is 0 Å². The topological polar surface area (TPSA) is 182 Å². The molecule has 0 atom stereocenters. The lowest BCUT2D eigenvalue weighted by Crippen LogP contribution is -2.46. The third-order valence-electron chi connectivity index (χ3n) is 10.8. The Balaban J connectivity index is 0.000000138. The van der Waals surface area contributed by atoms with Crippen LogP contribution in [0.25, 0.3) is 22.1 Å². The number of rotatable bonds is 4. The van der Waals surface area contributed by atoms with Gasteiger partial charge in [0.15, 0.2) is 0 Å². The van der Waals surface area contributed by atoms with Crippen molar-refractivity contribution in [2.24, 2.45) is 5.41 Å². The Labute approximate surface area is 298 Å². The molecule has 2 N–H and O–H groups in total. The normalized spacial score (nSPS) is 18.9. The number of aromatic nitrogens is 10. The number of carbonyl (C=O) groups excluding carboxylic acids is 2. The minimum absolute atomic E-state index is 0.00760. The van der Waals surface area contributed by atoms with Crippen LogP contribution in [0.4, 0.5) is 11.6 Å². The average Bonchev–Trinajstić information content (AvgIpc) is 4.06. The second-order valence-electron chi connectivity index (χ2n) is 14.2. The van der Waals surface area contributed by atoms with Gasteiger partial charge in [-0.05, 0) is 44.2 Å². The van der Waals surface area contributed by atoms with E-state index >= 15 is 0 Å². The van der Waals surface area contributed by atoms with Gasteiger partial charge in [-0.3, -0.25) is 9.59 Å². The second-order valence-corrected chi connectivity index (χ2v) is 14.2. The molecule has 4 fully saturated rings. The van der Waals surface area contributed by atoms with Crippen LogP contribution in [0, 0.1) is 5.41 Å². The molecule has 0 radical (unpaired) electrons. The molecule has 2 saturated carbocycles. The van der Waals surface area contributed by atoms with Crippen LogP contribution in [0.3, 0.4) is 0 Å². The van der Waals surface area contributed by atoms with Gasteiger partial charge < -0.3 is 29.6 Å². The number of nitrogens with zero attached hydrogens (tertiary/aromatic N) is 12. The van der Waals surface area contributed by atoms with Crippen molar-refractivity contribution in [3.63, 3.8) is 0 Å². The SMILES string of the molecule is O=C(c1cncnc1)N1CCCN(c2ncnc3[nH]ccc23)CC12CC2.O=C(c1cncnc1)N1CCN(c2ncnc3[nH]ccc23)CC2(CC2)C1. The molecule has 2 saturated heterocycles. The first-order valence-electron chi connectivity index (χ1n) is 17.7. The maximum absolute atomic E-state index is 13.0. The summed E-state index contributed by atoms with van der Waals surface area (Å²) in [4.78, 5) is 74.4. The summed E-state index contributed by atoms with van der Waals surface area (Å²) >= 11 is 0. The van der Waals surface area contributed by atoms with Gasteiger partial charge >= 0.3 is 0 Å². The highest BCUT2D eigenvalue weighted by Gasteiger charge is 2.52. The molecule has 2 aliphatic carbocycles. The van der Waals surface area contributed by atoms with E-state index in [4.69, 9.17) is 0 Å². The predicted octanol–water partition coefficient (Wildman–Crippen LogP) is 3.12. The lowest BCUT2D eigenvalue weighted by Gasteiger charge is -2.32. The third-order valence-corrected chi connectivity index (χ3v) is 10.8. The number of fused-ring (bicyclic) bond motifs is 2. The number of carbonyl (C=O) groups is 2. The van der Waals surface area contributed by atoms with Gasteiger partial charge in [0.05, 0.1) is 27.4 Å². The third kappa shape index (κ3) is 6.03. The Kier molecular flexibility index (Phi) is 7.92. The average molecular weight is 699 g/mol. The first kappa shape index (κ1) is 31.9. The maximum Gasteiger partial charge on any atom is 0.257 e. The molecule has 0 bridgehead atoms. The van der Waals surface area contributed by atoms with Crippen molar-refractivity contribution < 1.29 is 9.59 Å². The van der Waals surface area contributed by atoms with Crippen LogP contribution in [0.2, 0.25) is 0 Å². The fourth-order valence-corrected chi connectivity index (χ4v) is 7.73. The van der Waals surface area contributed by atoms with E-state index in [-0.39, 0.29) is 22.8 Å². The van der Waals surface area contributed by atoms with Gasteiger partial charge in [-0.1, -0.05) is 0 Å². The summed E-state index contributed by atoms with van der Waals surface area (Å²) in [5.41, 5.74) is 2.85. The number of hydrogen-bond donors (Lipinski definition) is 2. The van der Waals surface area contributed by atoms with E-state index in [0.29, 0.717) is 17.7 Å². The zero-order chi connectivity index (χ0) is 35.1. The Bertz CT molecular complexity index is 2140. The highest BCUT2D eigenvalue weighted by molar-refractivity contribution is 5.95. The number of anilines is 2. The Hall–Kier alpha value is -6.06. The monoisotopic (exact) mass is 698 g/mol. The van der Waals surface area contributed by atoms with E-state index < -0.39 is 0 Å². The van der Waals surface area contributed by atoms with Gasteiger partial charge in [-0.15, -0.1) is 0 Å². The predicted molar refractivity (Wildman–Crippen MR) is 191 cm³/mol. The zero-order valence-corrected chi connectivity index (χ0v) is 28.6. The van der Waals surface area contributed by atoms with E-state index in [1.165, 1.54) is 12.7 Å². The van der Waals surface area contributed by atoms with Crippen LogP contribution >= 0.6 is 0 Å². The minimum atomic E-state index is -0.114. The molecule has 264 valence electrons. The lowest BCUT2D eigenvalue weighted by atomic mass is 10.1. The second kappa shape index (κ2) is 12.9. The Morgan fingerprint density at radius 3 is 1.75 bits per heavy atom. The molecule has 6 aromatic rings. The number of H-pyrrole nitrogens is 2. The molecular weight excluding hydrogens is 660 g/mol. The Morgan fingerprint density at radius 1 is 0.596 bits per heavy atom. The number of amides is 2. The van der Waals surface area contributed by atoms with Crippen molar-refractivity contribution in [3.8, 4) is 0 Å². The molecule has 0 aromatic carbocycles. The fraction of sp³-hybridized carbons (Fsp3) is 0.389. The molecule has 52 heavy (non-hydrogen) atoms. The summed E-state index contributed by atoms with van der Waals surface area (Å²) in [7, 11) is 0. The van der Waals surface area contributed by atoms with Crippen LogP contribution in [0.15, 0.2) is 74.6 Å². The molecule has 2 aliphatic heterocycles. The molecule has 6 aromatic heterocycles. The molecule has 4 aliphatic rings. The van der Waals surface area contributed by atoms with Crippen molar-refractivity contribution in [3.05, 3.63) is 85.7 Å². The molecule has 2 spiro atoms. The van der Waals surface area contributed by atoms with Crippen LogP contribution in [0.5, 0.6) is 0 Å². The first-order valence-corrected chi connectivity index (χ1v) is 17.7. The lowest BCUT2D eigenvalue weighted by molar-refractivity contribution is 0.0668.